The normalized spacial score (nSPS) is 15.7. The molecule has 3 aromatic carbocycles. The van der Waals surface area contributed by atoms with Crippen LogP contribution in [0.5, 0.6) is 5.75 Å². The molecule has 0 saturated heterocycles. The number of carbonyl (C=O) groups is 2. The van der Waals surface area contributed by atoms with Gasteiger partial charge in [-0.2, -0.15) is 0 Å². The van der Waals surface area contributed by atoms with E-state index in [-0.39, 0.29) is 11.0 Å². The highest BCUT2D eigenvalue weighted by Gasteiger charge is 2.45. The number of amides is 1. The van der Waals surface area contributed by atoms with Crippen LogP contribution in [-0.4, -0.2) is 28.9 Å². The van der Waals surface area contributed by atoms with Crippen LogP contribution in [0.1, 0.15) is 53.3 Å². The largest absolute Gasteiger partial charge is 0.503 e. The van der Waals surface area contributed by atoms with Crippen molar-refractivity contribution >= 4 is 28.7 Å². The van der Waals surface area contributed by atoms with Crippen LogP contribution >= 0.6 is 11.3 Å². The fraction of sp³-hybridized carbons (Fsp3) is 0.219. The van der Waals surface area contributed by atoms with Gasteiger partial charge < -0.3 is 9.84 Å². The Morgan fingerprint density at radius 2 is 1.62 bits per heavy atom. The molecule has 0 radical (unpaired) electrons. The quantitative estimate of drug-likeness (QED) is 0.263. The monoisotopic (exact) mass is 538 g/mol. The van der Waals surface area contributed by atoms with Crippen LogP contribution in [0, 0.1) is 6.92 Å². The summed E-state index contributed by atoms with van der Waals surface area (Å²) in [6, 6.07) is 23.7. The van der Waals surface area contributed by atoms with E-state index in [0.717, 1.165) is 11.1 Å². The number of thiazole rings is 1. The first-order chi connectivity index (χ1) is 18.6. The van der Waals surface area contributed by atoms with Crippen molar-refractivity contribution < 1.29 is 19.4 Å². The average Bonchev–Trinajstić information content (AvgIpc) is 3.45. The summed E-state index contributed by atoms with van der Waals surface area (Å²) in [7, 11) is 1.58. The molecule has 198 valence electrons. The number of aliphatic hydroxyl groups is 1. The van der Waals surface area contributed by atoms with Gasteiger partial charge in [0.05, 0.1) is 29.3 Å². The molecular formula is C32H30N2O4S. The Morgan fingerprint density at radius 1 is 0.974 bits per heavy atom. The minimum atomic E-state index is -0.821. The molecule has 6 nitrogen and oxygen atoms in total. The van der Waals surface area contributed by atoms with Crippen LogP contribution in [0.4, 0.5) is 5.69 Å². The molecule has 1 amide bonds. The van der Waals surface area contributed by atoms with Crippen molar-refractivity contribution in [2.24, 2.45) is 0 Å². The molecule has 4 aromatic rings. The number of aryl methyl sites for hydroxylation is 1. The Labute approximate surface area is 232 Å². The zero-order valence-electron chi connectivity index (χ0n) is 22.6. The van der Waals surface area contributed by atoms with Crippen LogP contribution in [-0.2, 0) is 10.2 Å². The predicted molar refractivity (Wildman–Crippen MR) is 155 cm³/mol. The molecule has 1 N–H and O–H groups in total. The van der Waals surface area contributed by atoms with Crippen LogP contribution < -0.4 is 9.64 Å². The van der Waals surface area contributed by atoms with E-state index < -0.39 is 23.5 Å². The highest BCUT2D eigenvalue weighted by atomic mass is 32.1. The molecule has 0 fully saturated rings. The number of aromatic nitrogens is 1. The van der Waals surface area contributed by atoms with E-state index in [9.17, 15) is 14.7 Å². The van der Waals surface area contributed by atoms with Gasteiger partial charge in [0.2, 0.25) is 5.78 Å². The lowest BCUT2D eigenvalue weighted by Crippen LogP contribution is -2.31. The Morgan fingerprint density at radius 3 is 2.21 bits per heavy atom. The number of hydrogen-bond acceptors (Lipinski definition) is 6. The number of hydrogen-bond donors (Lipinski definition) is 1. The second-order valence-corrected chi connectivity index (χ2v) is 11.5. The van der Waals surface area contributed by atoms with E-state index in [1.165, 1.54) is 16.2 Å². The van der Waals surface area contributed by atoms with Crippen molar-refractivity contribution in [2.75, 3.05) is 12.0 Å². The van der Waals surface area contributed by atoms with E-state index in [4.69, 9.17) is 4.74 Å². The van der Waals surface area contributed by atoms with Gasteiger partial charge in [0.1, 0.15) is 10.8 Å². The molecule has 1 aromatic heterocycles. The van der Waals surface area contributed by atoms with Gasteiger partial charge in [-0.1, -0.05) is 75.4 Å². The first kappa shape index (κ1) is 26.4. The Hall–Kier alpha value is -4.23. The Bertz CT molecular complexity index is 1560. The molecule has 1 aliphatic heterocycles. The molecule has 1 atom stereocenters. The van der Waals surface area contributed by atoms with Gasteiger partial charge in [0.15, 0.2) is 5.76 Å². The topological polar surface area (TPSA) is 79.7 Å². The Kier molecular flexibility index (Phi) is 6.87. The van der Waals surface area contributed by atoms with E-state index >= 15 is 0 Å². The first-order valence-electron chi connectivity index (χ1n) is 12.7. The Balaban J connectivity index is 1.61. The number of rotatable bonds is 6. The molecule has 0 spiro atoms. The smallest absolute Gasteiger partial charge is 0.294 e. The van der Waals surface area contributed by atoms with Gasteiger partial charge >= 0.3 is 0 Å². The van der Waals surface area contributed by atoms with Gasteiger partial charge in [-0.15, -0.1) is 11.3 Å². The van der Waals surface area contributed by atoms with Gasteiger partial charge in [-0.05, 0) is 47.7 Å². The number of aliphatic hydroxyl groups excluding tert-OH is 1. The van der Waals surface area contributed by atoms with Crippen molar-refractivity contribution in [2.45, 2.75) is 39.2 Å². The standard InChI is InChI=1S/C32H30N2O4S/c1-19-29(39-30(33-19)21-9-7-6-8-10-21)27(35)25-26(20-11-17-24(38-5)18-12-20)34(31(37)28(25)36)23-15-13-22(14-16-23)32(2,3)4/h6-18,26,36H,1-5H3. The van der Waals surface area contributed by atoms with Gasteiger partial charge in [0.25, 0.3) is 5.91 Å². The zero-order valence-corrected chi connectivity index (χ0v) is 23.4. The third kappa shape index (κ3) is 4.86. The summed E-state index contributed by atoms with van der Waals surface area (Å²) in [5.41, 5.74) is 3.81. The maximum Gasteiger partial charge on any atom is 0.294 e. The summed E-state index contributed by atoms with van der Waals surface area (Å²) in [6.45, 7) is 8.13. The minimum Gasteiger partial charge on any atom is -0.503 e. The maximum absolute atomic E-state index is 14.1. The summed E-state index contributed by atoms with van der Waals surface area (Å²) in [5.74, 6) is -0.924. The number of nitrogens with zero attached hydrogens (tertiary/aromatic N) is 2. The van der Waals surface area contributed by atoms with Crippen molar-refractivity contribution in [1.29, 1.82) is 0 Å². The molecule has 0 aliphatic carbocycles. The fourth-order valence-corrected chi connectivity index (χ4v) is 5.79. The number of methoxy groups -OCH3 is 1. The summed E-state index contributed by atoms with van der Waals surface area (Å²) >= 11 is 1.26. The van der Waals surface area contributed by atoms with Gasteiger partial charge in [0, 0.05) is 11.3 Å². The van der Waals surface area contributed by atoms with Crippen LogP contribution in [0.3, 0.4) is 0 Å². The fourth-order valence-electron chi connectivity index (χ4n) is 4.76. The molecule has 5 rings (SSSR count). The van der Waals surface area contributed by atoms with Crippen LogP contribution in [0.25, 0.3) is 10.6 Å². The van der Waals surface area contributed by atoms with Gasteiger partial charge in [-0.3, -0.25) is 14.5 Å². The van der Waals surface area contributed by atoms with Crippen molar-refractivity contribution in [3.05, 3.63) is 112 Å². The number of carbonyl (C=O) groups excluding carboxylic acids is 2. The molecule has 0 saturated carbocycles. The van der Waals surface area contributed by atoms with E-state index in [1.54, 1.807) is 26.2 Å². The number of anilines is 1. The summed E-state index contributed by atoms with van der Waals surface area (Å²) in [4.78, 5) is 34.2. The molecule has 2 heterocycles. The number of ether oxygens (including phenoxy) is 1. The van der Waals surface area contributed by atoms with E-state index in [0.29, 0.717) is 32.6 Å². The molecule has 39 heavy (non-hydrogen) atoms. The second-order valence-electron chi connectivity index (χ2n) is 10.5. The highest BCUT2D eigenvalue weighted by molar-refractivity contribution is 7.17. The number of benzene rings is 3. The van der Waals surface area contributed by atoms with Crippen molar-refractivity contribution in [3.63, 3.8) is 0 Å². The van der Waals surface area contributed by atoms with Gasteiger partial charge in [-0.25, -0.2) is 4.98 Å². The second kappa shape index (κ2) is 10.2. The lowest BCUT2D eigenvalue weighted by Gasteiger charge is -2.28. The molecule has 1 unspecified atom stereocenters. The summed E-state index contributed by atoms with van der Waals surface area (Å²) in [6.07, 6.45) is 0. The van der Waals surface area contributed by atoms with Crippen LogP contribution in [0.15, 0.2) is 90.2 Å². The number of Topliss-reactive ketones (excluding diaryl/α,β-unsaturated/α-hetero) is 1. The summed E-state index contributed by atoms with van der Waals surface area (Å²) in [5, 5.41) is 11.9. The van der Waals surface area contributed by atoms with E-state index in [2.05, 4.69) is 25.8 Å². The average molecular weight is 539 g/mol. The maximum atomic E-state index is 14.1. The van der Waals surface area contributed by atoms with Crippen molar-refractivity contribution in [3.8, 4) is 16.3 Å². The van der Waals surface area contributed by atoms with Crippen LogP contribution in [0.2, 0.25) is 0 Å². The molecule has 7 heteroatoms. The SMILES string of the molecule is COc1ccc(C2C(C(=O)c3sc(-c4ccccc4)nc3C)=C(O)C(=O)N2c2ccc(C(C)(C)C)cc2)cc1. The van der Waals surface area contributed by atoms with Crippen molar-refractivity contribution in [1.82, 2.24) is 4.98 Å². The minimum absolute atomic E-state index is 0.0384. The lowest BCUT2D eigenvalue weighted by atomic mass is 9.87. The lowest BCUT2D eigenvalue weighted by molar-refractivity contribution is -0.117. The first-order valence-corrected chi connectivity index (χ1v) is 13.5. The zero-order chi connectivity index (χ0) is 27.9. The van der Waals surface area contributed by atoms with E-state index in [1.807, 2.05) is 66.7 Å². The molecule has 0 bridgehead atoms. The highest BCUT2D eigenvalue weighted by Crippen LogP contribution is 2.44. The third-order valence-electron chi connectivity index (χ3n) is 6.92. The third-order valence-corrected chi connectivity index (χ3v) is 8.12. The predicted octanol–water partition coefficient (Wildman–Crippen LogP) is 7.21. The molecule has 1 aliphatic rings. The summed E-state index contributed by atoms with van der Waals surface area (Å²) < 4.78 is 5.32. The number of ketones is 1. The molecular weight excluding hydrogens is 508 g/mol.